The van der Waals surface area contributed by atoms with Crippen LogP contribution in [-0.4, -0.2) is 42.3 Å². The summed E-state index contributed by atoms with van der Waals surface area (Å²) in [6.45, 7) is 9.49. The highest BCUT2D eigenvalue weighted by Crippen LogP contribution is 2.30. The van der Waals surface area contributed by atoms with Crippen LogP contribution in [0.5, 0.6) is 0 Å². The molecule has 0 spiro atoms. The van der Waals surface area contributed by atoms with E-state index in [9.17, 15) is 14.4 Å². The molecule has 1 atom stereocenters. The van der Waals surface area contributed by atoms with Gasteiger partial charge in [-0.15, -0.1) is 0 Å². The molecule has 1 fully saturated rings. The lowest BCUT2D eigenvalue weighted by atomic mass is 10.1. The van der Waals surface area contributed by atoms with E-state index < -0.39 is 5.92 Å². The third kappa shape index (κ3) is 4.37. The molecule has 1 aliphatic rings. The number of amides is 3. The fraction of sp³-hybridized carbons (Fsp3) is 0.375. The van der Waals surface area contributed by atoms with Crippen LogP contribution in [0.25, 0.3) is 0 Å². The van der Waals surface area contributed by atoms with Crippen LogP contribution in [0.3, 0.4) is 0 Å². The van der Waals surface area contributed by atoms with Crippen LogP contribution in [0.15, 0.2) is 42.5 Å². The highest BCUT2D eigenvalue weighted by molar-refractivity contribution is 6.04. The van der Waals surface area contributed by atoms with Gasteiger partial charge in [0, 0.05) is 43.0 Å². The first kappa shape index (κ1) is 21.6. The molecule has 2 aromatic rings. The molecule has 1 aliphatic heterocycles. The molecule has 3 rings (SSSR count). The highest BCUT2D eigenvalue weighted by Gasteiger charge is 2.35. The average molecular weight is 408 g/mol. The molecular formula is C24H29N3O3. The zero-order valence-corrected chi connectivity index (χ0v) is 18.1. The topological polar surface area (TPSA) is 69.7 Å². The Kier molecular flexibility index (Phi) is 6.55. The molecule has 0 saturated carbocycles. The van der Waals surface area contributed by atoms with Crippen LogP contribution < -0.4 is 10.2 Å². The van der Waals surface area contributed by atoms with Crippen molar-refractivity contribution in [3.8, 4) is 0 Å². The van der Waals surface area contributed by atoms with Crippen LogP contribution in [0.2, 0.25) is 0 Å². The van der Waals surface area contributed by atoms with Crippen LogP contribution in [0.4, 0.5) is 11.4 Å². The summed E-state index contributed by atoms with van der Waals surface area (Å²) in [6.07, 6.45) is 0.178. The standard InChI is InChI=1S/C24H29N3O3/c1-5-26(6-2)24(30)18-10-8-11-20(13-18)25-23(29)19-14-22(28)27(15-19)21-12-7-9-16(3)17(21)4/h7-13,19H,5-6,14-15H2,1-4H3,(H,25,29). The Bertz CT molecular complexity index is 966. The monoisotopic (exact) mass is 407 g/mol. The van der Waals surface area contributed by atoms with Gasteiger partial charge in [0.1, 0.15) is 0 Å². The van der Waals surface area contributed by atoms with Crippen LogP contribution >= 0.6 is 0 Å². The minimum atomic E-state index is -0.431. The van der Waals surface area contributed by atoms with Gasteiger partial charge in [0.2, 0.25) is 11.8 Å². The van der Waals surface area contributed by atoms with Gasteiger partial charge in [0.05, 0.1) is 5.92 Å². The minimum absolute atomic E-state index is 0.0469. The van der Waals surface area contributed by atoms with E-state index in [4.69, 9.17) is 0 Å². The molecule has 1 N–H and O–H groups in total. The van der Waals surface area contributed by atoms with Crippen LogP contribution in [0.1, 0.15) is 41.8 Å². The Morgan fingerprint density at radius 1 is 1.10 bits per heavy atom. The first-order valence-corrected chi connectivity index (χ1v) is 10.4. The fourth-order valence-corrected chi connectivity index (χ4v) is 3.81. The van der Waals surface area contributed by atoms with Crippen molar-refractivity contribution in [2.24, 2.45) is 5.92 Å². The lowest BCUT2D eigenvalue weighted by molar-refractivity contribution is -0.122. The van der Waals surface area contributed by atoms with Gasteiger partial charge in [0.25, 0.3) is 5.91 Å². The van der Waals surface area contributed by atoms with E-state index in [-0.39, 0.29) is 24.1 Å². The molecule has 0 aromatic heterocycles. The number of aryl methyl sites for hydroxylation is 1. The molecule has 3 amide bonds. The molecule has 1 heterocycles. The van der Waals surface area contributed by atoms with E-state index in [2.05, 4.69) is 5.32 Å². The Balaban J connectivity index is 1.71. The summed E-state index contributed by atoms with van der Waals surface area (Å²) in [5, 5.41) is 2.88. The largest absolute Gasteiger partial charge is 0.339 e. The summed E-state index contributed by atoms with van der Waals surface area (Å²) in [6, 6.07) is 12.8. The molecule has 158 valence electrons. The van der Waals surface area contributed by atoms with Crippen molar-refractivity contribution in [3.05, 3.63) is 59.2 Å². The number of carbonyl (C=O) groups is 3. The SMILES string of the molecule is CCN(CC)C(=O)c1cccc(NC(=O)C2CC(=O)N(c3cccc(C)c3C)C2)c1. The summed E-state index contributed by atoms with van der Waals surface area (Å²) < 4.78 is 0. The number of benzene rings is 2. The first-order chi connectivity index (χ1) is 14.3. The second kappa shape index (κ2) is 9.11. The number of hydrogen-bond acceptors (Lipinski definition) is 3. The molecule has 30 heavy (non-hydrogen) atoms. The summed E-state index contributed by atoms with van der Waals surface area (Å²) in [7, 11) is 0. The molecular weight excluding hydrogens is 378 g/mol. The van der Waals surface area contributed by atoms with Crippen LogP contribution in [0, 0.1) is 19.8 Å². The van der Waals surface area contributed by atoms with Gasteiger partial charge in [-0.2, -0.15) is 0 Å². The fourth-order valence-electron chi connectivity index (χ4n) is 3.81. The molecule has 6 heteroatoms. The van der Waals surface area contributed by atoms with Crippen LogP contribution in [-0.2, 0) is 9.59 Å². The lowest BCUT2D eigenvalue weighted by Crippen LogP contribution is -2.30. The summed E-state index contributed by atoms with van der Waals surface area (Å²) in [5.41, 5.74) is 4.13. The van der Waals surface area contributed by atoms with E-state index in [1.54, 1.807) is 34.1 Å². The van der Waals surface area contributed by atoms with E-state index in [0.717, 1.165) is 16.8 Å². The maximum Gasteiger partial charge on any atom is 0.253 e. The van der Waals surface area contributed by atoms with Gasteiger partial charge in [-0.1, -0.05) is 18.2 Å². The Hall–Kier alpha value is -3.15. The molecule has 0 aliphatic carbocycles. The maximum absolute atomic E-state index is 12.8. The van der Waals surface area contributed by atoms with Gasteiger partial charge >= 0.3 is 0 Å². The number of rotatable bonds is 6. The Labute approximate surface area is 177 Å². The number of nitrogens with zero attached hydrogens (tertiary/aromatic N) is 2. The van der Waals surface area contributed by atoms with Crippen molar-refractivity contribution in [1.29, 1.82) is 0 Å². The molecule has 2 aromatic carbocycles. The van der Waals surface area contributed by atoms with Crippen molar-refractivity contribution >= 4 is 29.1 Å². The first-order valence-electron chi connectivity index (χ1n) is 10.4. The lowest BCUT2D eigenvalue weighted by Gasteiger charge is -2.20. The average Bonchev–Trinajstić information content (AvgIpc) is 3.12. The Morgan fingerprint density at radius 2 is 1.80 bits per heavy atom. The third-order valence-corrected chi connectivity index (χ3v) is 5.79. The second-order valence-electron chi connectivity index (χ2n) is 7.67. The summed E-state index contributed by atoms with van der Waals surface area (Å²) in [5.74, 6) is -0.745. The Morgan fingerprint density at radius 3 is 2.50 bits per heavy atom. The molecule has 1 saturated heterocycles. The number of nitrogens with one attached hydrogen (secondary N) is 1. The van der Waals surface area contributed by atoms with E-state index in [0.29, 0.717) is 30.9 Å². The number of hydrogen-bond donors (Lipinski definition) is 1. The van der Waals surface area contributed by atoms with Crippen molar-refractivity contribution in [3.63, 3.8) is 0 Å². The third-order valence-electron chi connectivity index (χ3n) is 5.79. The second-order valence-corrected chi connectivity index (χ2v) is 7.67. The molecule has 0 radical (unpaired) electrons. The molecule has 6 nitrogen and oxygen atoms in total. The van der Waals surface area contributed by atoms with Crippen molar-refractivity contribution in [1.82, 2.24) is 4.90 Å². The summed E-state index contributed by atoms with van der Waals surface area (Å²) >= 11 is 0. The van der Waals surface area contributed by atoms with Gasteiger partial charge in [0.15, 0.2) is 0 Å². The molecule has 0 bridgehead atoms. The predicted molar refractivity (Wildman–Crippen MR) is 119 cm³/mol. The van der Waals surface area contributed by atoms with Gasteiger partial charge in [-0.05, 0) is 63.1 Å². The number of anilines is 2. The normalized spacial score (nSPS) is 15.9. The van der Waals surface area contributed by atoms with Crippen molar-refractivity contribution < 1.29 is 14.4 Å². The van der Waals surface area contributed by atoms with E-state index >= 15 is 0 Å². The number of carbonyl (C=O) groups excluding carboxylic acids is 3. The van der Waals surface area contributed by atoms with Crippen molar-refractivity contribution in [2.45, 2.75) is 34.1 Å². The zero-order valence-electron chi connectivity index (χ0n) is 18.1. The van der Waals surface area contributed by atoms with Gasteiger partial charge < -0.3 is 15.1 Å². The highest BCUT2D eigenvalue weighted by atomic mass is 16.2. The van der Waals surface area contributed by atoms with Crippen molar-refractivity contribution in [2.75, 3.05) is 29.9 Å². The van der Waals surface area contributed by atoms with E-state index in [1.807, 2.05) is 45.9 Å². The smallest absolute Gasteiger partial charge is 0.253 e. The predicted octanol–water partition coefficient (Wildman–Crippen LogP) is 3.78. The quantitative estimate of drug-likeness (QED) is 0.792. The van der Waals surface area contributed by atoms with Gasteiger partial charge in [-0.3, -0.25) is 14.4 Å². The zero-order chi connectivity index (χ0) is 21.8. The molecule has 1 unspecified atom stereocenters. The van der Waals surface area contributed by atoms with Gasteiger partial charge in [-0.25, -0.2) is 0 Å². The van der Waals surface area contributed by atoms with E-state index in [1.165, 1.54) is 0 Å². The summed E-state index contributed by atoms with van der Waals surface area (Å²) in [4.78, 5) is 41.4. The minimum Gasteiger partial charge on any atom is -0.339 e. The maximum atomic E-state index is 12.8.